The molecule has 0 radical (unpaired) electrons. The average Bonchev–Trinajstić information content (AvgIpc) is 3.03. The maximum atomic E-state index is 12.6. The first-order chi connectivity index (χ1) is 20.1. The molecule has 2 aromatic carbocycles. The fraction of sp³-hybridized carbons (Fsp3) is 0.344. The van der Waals surface area contributed by atoms with Crippen molar-refractivity contribution in [2.45, 2.75) is 19.4 Å². The Labute approximate surface area is 240 Å². The molecule has 9 heteroatoms. The molecule has 1 N–H and O–H groups in total. The summed E-state index contributed by atoms with van der Waals surface area (Å²) >= 11 is 0. The van der Waals surface area contributed by atoms with Crippen LogP contribution < -0.4 is 15.8 Å². The minimum Gasteiger partial charge on any atom is -0.366 e. The van der Waals surface area contributed by atoms with E-state index in [1.54, 1.807) is 18.2 Å². The smallest absolute Gasteiger partial charge is 0.267 e. The maximum Gasteiger partial charge on any atom is 0.267 e. The van der Waals surface area contributed by atoms with Crippen molar-refractivity contribution in [3.63, 3.8) is 0 Å². The Bertz CT molecular complexity index is 1580. The highest BCUT2D eigenvalue weighted by Gasteiger charge is 2.22. The maximum absolute atomic E-state index is 12.6. The topological polar surface area (TPSA) is 103 Å². The third-order valence-electron chi connectivity index (χ3n) is 8.02. The SMILES string of the molecule is N#Cc1cccc(-c2ccc(=O)n(Cc3cccc(-c4ncc(N5CCN(CC6CCNCC6)CC5)cn4)c3)n2)c1. The lowest BCUT2D eigenvalue weighted by Gasteiger charge is -2.38. The van der Waals surface area contributed by atoms with E-state index in [4.69, 9.17) is 0 Å². The van der Waals surface area contributed by atoms with Crippen molar-refractivity contribution >= 4 is 5.69 Å². The molecule has 0 aliphatic carbocycles. The third-order valence-corrected chi connectivity index (χ3v) is 8.02. The van der Waals surface area contributed by atoms with Crippen LogP contribution in [0.15, 0.2) is 77.9 Å². The van der Waals surface area contributed by atoms with Crippen LogP contribution in [0.3, 0.4) is 0 Å². The first kappa shape index (κ1) is 26.8. The van der Waals surface area contributed by atoms with Crippen LogP contribution in [0.5, 0.6) is 0 Å². The highest BCUT2D eigenvalue weighted by Crippen LogP contribution is 2.22. The number of piperidine rings is 1. The van der Waals surface area contributed by atoms with E-state index in [0.717, 1.165) is 67.6 Å². The number of anilines is 1. The van der Waals surface area contributed by atoms with Crippen LogP contribution in [0, 0.1) is 17.2 Å². The number of rotatable bonds is 7. The van der Waals surface area contributed by atoms with Crippen molar-refractivity contribution < 1.29 is 0 Å². The fourth-order valence-electron chi connectivity index (χ4n) is 5.70. The Morgan fingerprint density at radius 3 is 2.44 bits per heavy atom. The second kappa shape index (κ2) is 12.4. The summed E-state index contributed by atoms with van der Waals surface area (Å²) < 4.78 is 1.45. The largest absolute Gasteiger partial charge is 0.366 e. The molecule has 4 heterocycles. The van der Waals surface area contributed by atoms with Crippen molar-refractivity contribution in [1.29, 1.82) is 5.26 Å². The van der Waals surface area contributed by atoms with Crippen LogP contribution >= 0.6 is 0 Å². The van der Waals surface area contributed by atoms with Gasteiger partial charge in [0, 0.05) is 49.9 Å². The highest BCUT2D eigenvalue weighted by molar-refractivity contribution is 5.61. The van der Waals surface area contributed by atoms with Gasteiger partial charge in [0.2, 0.25) is 0 Å². The van der Waals surface area contributed by atoms with Gasteiger partial charge in [-0.1, -0.05) is 30.3 Å². The standard InChI is InChI=1S/C32H34N8O/c33-19-25-3-1-5-27(17-25)30-7-8-31(41)40(37-30)23-26-4-2-6-28(18-26)32-35-20-29(21-36-32)39-15-13-38(14-16-39)22-24-9-11-34-12-10-24/h1-8,17-18,20-21,24,34H,9-16,22-23H2. The number of hydrogen-bond donors (Lipinski definition) is 1. The summed E-state index contributed by atoms with van der Waals surface area (Å²) in [6.07, 6.45) is 6.41. The molecule has 0 unspecified atom stereocenters. The van der Waals surface area contributed by atoms with Gasteiger partial charge in [-0.05, 0) is 61.7 Å². The first-order valence-electron chi connectivity index (χ1n) is 14.3. The van der Waals surface area contributed by atoms with E-state index < -0.39 is 0 Å². The van der Waals surface area contributed by atoms with Crippen LogP contribution in [0.1, 0.15) is 24.0 Å². The molecule has 208 valence electrons. The minimum atomic E-state index is -0.188. The van der Waals surface area contributed by atoms with Gasteiger partial charge in [0.25, 0.3) is 5.56 Å². The van der Waals surface area contributed by atoms with E-state index in [2.05, 4.69) is 36.3 Å². The molecule has 2 saturated heterocycles. The number of benzene rings is 2. The summed E-state index contributed by atoms with van der Waals surface area (Å²) in [4.78, 5) is 27.0. The first-order valence-corrected chi connectivity index (χ1v) is 14.3. The van der Waals surface area contributed by atoms with Gasteiger partial charge in [-0.3, -0.25) is 9.69 Å². The Morgan fingerprint density at radius 2 is 1.66 bits per heavy atom. The van der Waals surface area contributed by atoms with Gasteiger partial charge < -0.3 is 10.2 Å². The van der Waals surface area contributed by atoms with Crippen molar-refractivity contribution in [3.8, 4) is 28.7 Å². The number of aromatic nitrogens is 4. The molecule has 2 aliphatic heterocycles. The molecular formula is C32H34N8O. The van der Waals surface area contributed by atoms with E-state index in [9.17, 15) is 10.1 Å². The van der Waals surface area contributed by atoms with Gasteiger partial charge in [0.15, 0.2) is 5.82 Å². The Balaban J connectivity index is 1.11. The van der Waals surface area contributed by atoms with Gasteiger partial charge in [0.1, 0.15) is 0 Å². The van der Waals surface area contributed by atoms with Crippen LogP contribution in [0.4, 0.5) is 5.69 Å². The Kier molecular flexibility index (Phi) is 8.12. The lowest BCUT2D eigenvalue weighted by molar-refractivity contribution is 0.196. The summed E-state index contributed by atoms with van der Waals surface area (Å²) in [7, 11) is 0. The van der Waals surface area contributed by atoms with E-state index in [0.29, 0.717) is 23.6 Å². The number of nitrogens with one attached hydrogen (secondary N) is 1. The lowest BCUT2D eigenvalue weighted by Crippen LogP contribution is -2.48. The van der Waals surface area contributed by atoms with Crippen LogP contribution in [-0.2, 0) is 6.54 Å². The van der Waals surface area contributed by atoms with Gasteiger partial charge in [0.05, 0.1) is 42.0 Å². The van der Waals surface area contributed by atoms with E-state index in [1.165, 1.54) is 30.1 Å². The second-order valence-corrected chi connectivity index (χ2v) is 10.9. The molecule has 2 fully saturated rings. The predicted molar refractivity (Wildman–Crippen MR) is 159 cm³/mol. The molecule has 0 atom stereocenters. The summed E-state index contributed by atoms with van der Waals surface area (Å²) in [6, 6.07) is 20.5. The summed E-state index contributed by atoms with van der Waals surface area (Å²) in [6.45, 7) is 7.96. The summed E-state index contributed by atoms with van der Waals surface area (Å²) in [5, 5.41) is 17.2. The van der Waals surface area contributed by atoms with Crippen molar-refractivity contribution in [2.75, 3.05) is 50.7 Å². The Morgan fingerprint density at radius 1 is 0.902 bits per heavy atom. The van der Waals surface area contributed by atoms with E-state index in [1.807, 2.05) is 48.8 Å². The number of hydrogen-bond acceptors (Lipinski definition) is 8. The lowest BCUT2D eigenvalue weighted by atomic mass is 9.97. The van der Waals surface area contributed by atoms with Crippen LogP contribution in [0.25, 0.3) is 22.6 Å². The zero-order chi connectivity index (χ0) is 28.0. The third kappa shape index (κ3) is 6.51. The monoisotopic (exact) mass is 546 g/mol. The zero-order valence-corrected chi connectivity index (χ0v) is 23.1. The molecule has 41 heavy (non-hydrogen) atoms. The van der Waals surface area contributed by atoms with Gasteiger partial charge in [-0.15, -0.1) is 0 Å². The van der Waals surface area contributed by atoms with E-state index in [-0.39, 0.29) is 5.56 Å². The van der Waals surface area contributed by atoms with Gasteiger partial charge in [-0.2, -0.15) is 10.4 Å². The van der Waals surface area contributed by atoms with Crippen molar-refractivity contribution in [1.82, 2.24) is 30.0 Å². The number of nitrogens with zero attached hydrogens (tertiary/aromatic N) is 7. The second-order valence-electron chi connectivity index (χ2n) is 10.9. The fourth-order valence-corrected chi connectivity index (χ4v) is 5.70. The normalized spacial score (nSPS) is 16.4. The number of nitriles is 1. The molecule has 2 aromatic heterocycles. The van der Waals surface area contributed by atoms with Gasteiger partial charge >= 0.3 is 0 Å². The predicted octanol–water partition coefficient (Wildman–Crippen LogP) is 3.41. The zero-order valence-electron chi connectivity index (χ0n) is 23.1. The summed E-state index contributed by atoms with van der Waals surface area (Å²) in [5.41, 5.74) is 4.68. The molecule has 0 saturated carbocycles. The molecule has 9 nitrogen and oxygen atoms in total. The molecule has 6 rings (SSSR count). The molecule has 0 spiro atoms. The Hall–Kier alpha value is -4.39. The van der Waals surface area contributed by atoms with Crippen molar-refractivity contribution in [3.05, 3.63) is 94.5 Å². The average molecular weight is 547 g/mol. The van der Waals surface area contributed by atoms with Crippen LogP contribution in [0.2, 0.25) is 0 Å². The minimum absolute atomic E-state index is 0.188. The van der Waals surface area contributed by atoms with E-state index >= 15 is 0 Å². The van der Waals surface area contributed by atoms with Gasteiger partial charge in [-0.25, -0.2) is 14.6 Å². The molecule has 0 amide bonds. The highest BCUT2D eigenvalue weighted by atomic mass is 16.1. The molecule has 0 bridgehead atoms. The van der Waals surface area contributed by atoms with Crippen molar-refractivity contribution in [2.24, 2.45) is 5.92 Å². The molecular weight excluding hydrogens is 512 g/mol. The quantitative estimate of drug-likeness (QED) is 0.376. The number of piperazine rings is 1. The summed E-state index contributed by atoms with van der Waals surface area (Å²) in [5.74, 6) is 1.48. The molecule has 2 aliphatic rings. The van der Waals surface area contributed by atoms with Crippen LogP contribution in [-0.4, -0.2) is 70.5 Å². The molecule has 4 aromatic rings.